The van der Waals surface area contributed by atoms with Crippen LogP contribution < -0.4 is 5.32 Å². The van der Waals surface area contributed by atoms with Crippen molar-refractivity contribution in [2.24, 2.45) is 0 Å². The summed E-state index contributed by atoms with van der Waals surface area (Å²) in [7, 11) is 0. The molecule has 1 N–H and O–H groups in total. The lowest BCUT2D eigenvalue weighted by atomic mass is 10.1. The van der Waals surface area contributed by atoms with Gasteiger partial charge < -0.3 is 5.32 Å². The number of aryl methyl sites for hydroxylation is 1. The number of thiophene rings is 1. The highest BCUT2D eigenvalue weighted by Gasteiger charge is 2.10. The first-order chi connectivity index (χ1) is 10.1. The molecule has 0 atom stereocenters. The molecule has 0 unspecified atom stereocenters. The molecule has 0 saturated carbocycles. The van der Waals surface area contributed by atoms with Crippen LogP contribution in [0.4, 0.5) is 0 Å². The molecule has 1 amide bonds. The first-order valence-electron chi connectivity index (χ1n) is 7.05. The molecule has 110 valence electrons. The minimum Gasteiger partial charge on any atom is -0.356 e. The number of benzene rings is 1. The summed E-state index contributed by atoms with van der Waals surface area (Å²) in [6, 6.07) is 13.8. The molecule has 2 aromatic rings. The Bertz CT molecular complexity index is 604. The van der Waals surface area contributed by atoms with Gasteiger partial charge in [-0.3, -0.25) is 9.59 Å². The molecule has 0 radical (unpaired) electrons. The SMILES string of the molecule is Cc1ccc(C(=O)CCC(=O)NCCc2ccccc2)s1. The Morgan fingerprint density at radius 3 is 2.48 bits per heavy atom. The van der Waals surface area contributed by atoms with Crippen molar-refractivity contribution >= 4 is 23.0 Å². The molecule has 1 aromatic carbocycles. The fraction of sp³-hybridized carbons (Fsp3) is 0.294. The lowest BCUT2D eigenvalue weighted by Crippen LogP contribution is -2.25. The molecule has 0 aliphatic rings. The van der Waals surface area contributed by atoms with Gasteiger partial charge >= 0.3 is 0 Å². The minimum atomic E-state index is -0.0624. The molecule has 0 bridgehead atoms. The van der Waals surface area contributed by atoms with Gasteiger partial charge in [-0.2, -0.15) is 0 Å². The average Bonchev–Trinajstić information content (AvgIpc) is 2.92. The highest BCUT2D eigenvalue weighted by molar-refractivity contribution is 7.14. The van der Waals surface area contributed by atoms with E-state index in [1.807, 2.05) is 49.4 Å². The number of nitrogens with one attached hydrogen (secondary N) is 1. The second-order valence-electron chi connectivity index (χ2n) is 4.92. The average molecular weight is 301 g/mol. The van der Waals surface area contributed by atoms with Gasteiger partial charge in [-0.1, -0.05) is 30.3 Å². The summed E-state index contributed by atoms with van der Waals surface area (Å²) in [5.74, 6) is -0.0149. The van der Waals surface area contributed by atoms with Crippen molar-refractivity contribution in [3.05, 3.63) is 57.8 Å². The van der Waals surface area contributed by atoms with E-state index in [2.05, 4.69) is 5.32 Å². The van der Waals surface area contributed by atoms with Crippen molar-refractivity contribution in [1.29, 1.82) is 0 Å². The zero-order valence-electron chi connectivity index (χ0n) is 12.1. The third-order valence-electron chi connectivity index (χ3n) is 3.17. The maximum atomic E-state index is 11.9. The summed E-state index contributed by atoms with van der Waals surface area (Å²) in [6.07, 6.45) is 1.34. The largest absolute Gasteiger partial charge is 0.356 e. The number of carbonyl (C=O) groups excluding carboxylic acids is 2. The normalized spacial score (nSPS) is 10.3. The molecule has 0 fully saturated rings. The predicted octanol–water partition coefficient (Wildman–Crippen LogP) is 3.38. The fourth-order valence-electron chi connectivity index (χ4n) is 2.01. The van der Waals surface area contributed by atoms with Gasteiger partial charge in [0.1, 0.15) is 0 Å². The summed E-state index contributed by atoms with van der Waals surface area (Å²) in [5, 5.41) is 2.86. The van der Waals surface area contributed by atoms with Crippen molar-refractivity contribution in [1.82, 2.24) is 5.32 Å². The van der Waals surface area contributed by atoms with Crippen molar-refractivity contribution in [3.63, 3.8) is 0 Å². The van der Waals surface area contributed by atoms with E-state index in [1.165, 1.54) is 16.9 Å². The molecule has 1 aromatic heterocycles. The number of Topliss-reactive ketones (excluding diaryl/α,β-unsaturated/α-hetero) is 1. The summed E-state index contributed by atoms with van der Waals surface area (Å²) >= 11 is 1.48. The zero-order chi connectivity index (χ0) is 15.1. The van der Waals surface area contributed by atoms with E-state index in [9.17, 15) is 9.59 Å². The van der Waals surface area contributed by atoms with Gasteiger partial charge in [-0.25, -0.2) is 0 Å². The highest BCUT2D eigenvalue weighted by atomic mass is 32.1. The monoisotopic (exact) mass is 301 g/mol. The Kier molecular flexibility index (Phi) is 5.69. The lowest BCUT2D eigenvalue weighted by Gasteiger charge is -2.04. The standard InChI is InChI=1S/C17H19NO2S/c1-13-7-9-16(21-13)15(19)8-10-17(20)18-12-11-14-5-3-2-4-6-14/h2-7,9H,8,10-12H2,1H3,(H,18,20). The van der Waals surface area contributed by atoms with Crippen LogP contribution in [0.1, 0.15) is 33.0 Å². The minimum absolute atomic E-state index is 0.0475. The van der Waals surface area contributed by atoms with E-state index < -0.39 is 0 Å². The maximum absolute atomic E-state index is 11.9. The lowest BCUT2D eigenvalue weighted by molar-refractivity contribution is -0.121. The van der Waals surface area contributed by atoms with Crippen LogP contribution in [0, 0.1) is 6.92 Å². The van der Waals surface area contributed by atoms with E-state index in [0.29, 0.717) is 6.54 Å². The van der Waals surface area contributed by atoms with Gasteiger partial charge in [-0.05, 0) is 31.0 Å². The van der Waals surface area contributed by atoms with Crippen LogP contribution in [-0.4, -0.2) is 18.2 Å². The van der Waals surface area contributed by atoms with E-state index in [4.69, 9.17) is 0 Å². The van der Waals surface area contributed by atoms with Crippen LogP contribution >= 0.6 is 11.3 Å². The zero-order valence-corrected chi connectivity index (χ0v) is 12.9. The van der Waals surface area contributed by atoms with Crippen LogP contribution in [0.2, 0.25) is 0 Å². The Labute approximate surface area is 129 Å². The van der Waals surface area contributed by atoms with E-state index in [0.717, 1.165) is 16.2 Å². The molecule has 0 spiro atoms. The topological polar surface area (TPSA) is 46.2 Å². The molecular formula is C17H19NO2S. The number of carbonyl (C=O) groups is 2. The third kappa shape index (κ3) is 5.16. The number of ketones is 1. The fourth-order valence-corrected chi connectivity index (χ4v) is 2.85. The van der Waals surface area contributed by atoms with Gasteiger partial charge in [0, 0.05) is 24.3 Å². The number of rotatable bonds is 7. The van der Waals surface area contributed by atoms with E-state index >= 15 is 0 Å². The molecule has 21 heavy (non-hydrogen) atoms. The van der Waals surface area contributed by atoms with Gasteiger partial charge in [0.25, 0.3) is 0 Å². The van der Waals surface area contributed by atoms with Crippen molar-refractivity contribution in [2.75, 3.05) is 6.54 Å². The predicted molar refractivity (Wildman–Crippen MR) is 85.8 cm³/mol. The molecule has 4 heteroatoms. The van der Waals surface area contributed by atoms with Crippen LogP contribution in [0.25, 0.3) is 0 Å². The molecule has 0 aliphatic heterocycles. The van der Waals surface area contributed by atoms with Gasteiger partial charge in [0.05, 0.1) is 4.88 Å². The Balaban J connectivity index is 1.67. The second kappa shape index (κ2) is 7.74. The maximum Gasteiger partial charge on any atom is 0.220 e. The highest BCUT2D eigenvalue weighted by Crippen LogP contribution is 2.17. The van der Waals surface area contributed by atoms with Crippen molar-refractivity contribution < 1.29 is 9.59 Å². The molecule has 1 heterocycles. The van der Waals surface area contributed by atoms with E-state index in [1.54, 1.807) is 0 Å². The van der Waals surface area contributed by atoms with Crippen LogP contribution in [0.3, 0.4) is 0 Å². The summed E-state index contributed by atoms with van der Waals surface area (Å²) < 4.78 is 0. The summed E-state index contributed by atoms with van der Waals surface area (Å²) in [6.45, 7) is 2.58. The van der Waals surface area contributed by atoms with Crippen LogP contribution in [0.15, 0.2) is 42.5 Å². The Morgan fingerprint density at radius 2 is 1.81 bits per heavy atom. The molecule has 3 nitrogen and oxygen atoms in total. The third-order valence-corrected chi connectivity index (χ3v) is 4.21. The molecule has 0 aliphatic carbocycles. The molecular weight excluding hydrogens is 282 g/mol. The Hall–Kier alpha value is -1.94. The van der Waals surface area contributed by atoms with Crippen LogP contribution in [0.5, 0.6) is 0 Å². The second-order valence-corrected chi connectivity index (χ2v) is 6.21. The first kappa shape index (κ1) is 15.4. The van der Waals surface area contributed by atoms with Crippen molar-refractivity contribution in [2.45, 2.75) is 26.2 Å². The van der Waals surface area contributed by atoms with Gasteiger partial charge in [0.15, 0.2) is 5.78 Å². The van der Waals surface area contributed by atoms with E-state index in [-0.39, 0.29) is 24.5 Å². The Morgan fingerprint density at radius 1 is 1.05 bits per heavy atom. The summed E-state index contributed by atoms with van der Waals surface area (Å²) in [4.78, 5) is 25.5. The smallest absolute Gasteiger partial charge is 0.220 e. The number of hydrogen-bond donors (Lipinski definition) is 1. The van der Waals surface area contributed by atoms with Gasteiger partial charge in [0.2, 0.25) is 5.91 Å². The summed E-state index contributed by atoms with van der Waals surface area (Å²) in [5.41, 5.74) is 1.20. The molecule has 2 rings (SSSR count). The molecule has 0 saturated heterocycles. The van der Waals surface area contributed by atoms with Gasteiger partial charge in [-0.15, -0.1) is 11.3 Å². The number of hydrogen-bond acceptors (Lipinski definition) is 3. The van der Waals surface area contributed by atoms with Crippen LogP contribution in [-0.2, 0) is 11.2 Å². The van der Waals surface area contributed by atoms with Crippen molar-refractivity contribution in [3.8, 4) is 0 Å². The number of amides is 1. The quantitative estimate of drug-likeness (QED) is 0.797. The first-order valence-corrected chi connectivity index (χ1v) is 7.87.